The number of nitrogens with one attached hydrogen (secondary N) is 3. The first-order chi connectivity index (χ1) is 14.5. The predicted octanol–water partition coefficient (Wildman–Crippen LogP) is 2.65. The van der Waals surface area contributed by atoms with Crippen LogP contribution in [0, 0.1) is 0 Å². The van der Waals surface area contributed by atoms with Gasteiger partial charge in [-0.1, -0.05) is 23.2 Å². The maximum atomic E-state index is 12.2. The molecule has 0 aliphatic heterocycles. The van der Waals surface area contributed by atoms with Gasteiger partial charge >= 0.3 is 10.2 Å². The van der Waals surface area contributed by atoms with Crippen molar-refractivity contribution < 1.29 is 21.6 Å². The molecule has 0 fully saturated rings. The molecule has 0 saturated heterocycles. The summed E-state index contributed by atoms with van der Waals surface area (Å²) in [5, 5.41) is 0.668. The van der Waals surface area contributed by atoms with E-state index in [1.54, 1.807) is 36.4 Å². The van der Waals surface area contributed by atoms with Crippen LogP contribution in [0.1, 0.15) is 6.92 Å². The molecule has 2 aromatic carbocycles. The second-order valence-corrected chi connectivity index (χ2v) is 10.6. The summed E-state index contributed by atoms with van der Waals surface area (Å²) in [6, 6.07) is 11.3. The second kappa shape index (κ2) is 11.2. The zero-order chi connectivity index (χ0) is 23.1. The van der Waals surface area contributed by atoms with E-state index < -0.39 is 20.2 Å². The molecule has 172 valence electrons. The first-order valence-electron chi connectivity index (χ1n) is 9.14. The Kier molecular flexibility index (Phi) is 9.22. The molecule has 3 N–H and O–H groups in total. The fourth-order valence-electron chi connectivity index (χ4n) is 2.52. The molecular weight excluding hydrogens is 487 g/mol. The Bertz CT molecular complexity index is 1080. The van der Waals surface area contributed by atoms with Crippen LogP contribution in [0.15, 0.2) is 42.5 Å². The lowest BCUT2D eigenvalue weighted by Gasteiger charge is -2.23. The zero-order valence-electron chi connectivity index (χ0n) is 16.9. The number of anilines is 2. The molecule has 0 aromatic heterocycles. The Hall–Kier alpha value is -1.76. The fraction of sp³-hybridized carbons (Fsp3) is 0.333. The second-order valence-electron chi connectivity index (χ2n) is 6.41. The number of hydrogen-bond acceptors (Lipinski definition) is 6. The van der Waals surface area contributed by atoms with E-state index in [4.69, 9.17) is 27.9 Å². The van der Waals surface area contributed by atoms with Crippen LogP contribution in [0.5, 0.6) is 5.75 Å². The Labute approximate surface area is 192 Å². The van der Waals surface area contributed by atoms with E-state index in [9.17, 15) is 16.8 Å². The number of halogens is 2. The van der Waals surface area contributed by atoms with Gasteiger partial charge in [0.1, 0.15) is 5.75 Å². The predicted molar refractivity (Wildman–Crippen MR) is 125 cm³/mol. The van der Waals surface area contributed by atoms with Crippen LogP contribution < -0.4 is 23.8 Å². The number of hydrogen-bond donors (Lipinski definition) is 3. The van der Waals surface area contributed by atoms with Crippen molar-refractivity contribution in [1.29, 1.82) is 0 Å². The molecule has 0 saturated carbocycles. The lowest BCUT2D eigenvalue weighted by Crippen LogP contribution is -2.34. The maximum Gasteiger partial charge on any atom is 0.301 e. The van der Waals surface area contributed by atoms with E-state index in [2.05, 4.69) is 14.2 Å². The van der Waals surface area contributed by atoms with E-state index in [1.165, 1.54) is 6.07 Å². The third kappa shape index (κ3) is 9.09. The van der Waals surface area contributed by atoms with Crippen molar-refractivity contribution in [3.63, 3.8) is 0 Å². The smallest absolute Gasteiger partial charge is 0.301 e. The van der Waals surface area contributed by atoms with E-state index in [1.807, 2.05) is 11.8 Å². The Morgan fingerprint density at radius 3 is 2.23 bits per heavy atom. The maximum absolute atomic E-state index is 12.2. The van der Waals surface area contributed by atoms with E-state index in [-0.39, 0.29) is 13.3 Å². The minimum absolute atomic E-state index is 0.268. The molecule has 0 spiro atoms. The van der Waals surface area contributed by atoms with E-state index in [0.29, 0.717) is 34.6 Å². The lowest BCUT2D eigenvalue weighted by molar-refractivity contribution is 0.311. The largest absolute Gasteiger partial charge is 0.477 e. The summed E-state index contributed by atoms with van der Waals surface area (Å²) in [5.41, 5.74) is 1.19. The number of likely N-dealkylation sites (N-methyl/N-ethyl adjacent to an activating group) is 1. The summed E-state index contributed by atoms with van der Waals surface area (Å²) in [7, 11) is -7.12. The standard InChI is InChI=1S/C18H24Cl2N4O5S2/c1-3-24(11-10-21-30(2,25)26)15-6-4-14(5-7-15)23-31(27,28)22-13-29-16-8-9-17(19)18(20)12-16/h4-9,12,21-23H,3,10-11,13H2,1-2H3. The molecule has 9 nitrogen and oxygen atoms in total. The third-order valence-electron chi connectivity index (χ3n) is 3.99. The van der Waals surface area contributed by atoms with Gasteiger partial charge in [0.2, 0.25) is 10.0 Å². The molecule has 0 unspecified atom stereocenters. The van der Waals surface area contributed by atoms with Gasteiger partial charge < -0.3 is 9.64 Å². The molecule has 0 aliphatic carbocycles. The van der Waals surface area contributed by atoms with Gasteiger partial charge in [-0.15, -0.1) is 0 Å². The van der Waals surface area contributed by atoms with Crippen LogP contribution in [0.3, 0.4) is 0 Å². The molecule has 0 atom stereocenters. The average molecular weight is 511 g/mol. The molecule has 0 bridgehead atoms. The van der Waals surface area contributed by atoms with Gasteiger partial charge in [-0.3, -0.25) is 4.72 Å². The summed E-state index contributed by atoms with van der Waals surface area (Å²) in [6.45, 7) is 3.04. The monoisotopic (exact) mass is 510 g/mol. The van der Waals surface area contributed by atoms with Crippen LogP contribution in [0.2, 0.25) is 10.0 Å². The first kappa shape index (κ1) is 25.5. The van der Waals surface area contributed by atoms with Crippen molar-refractivity contribution in [1.82, 2.24) is 9.44 Å². The molecule has 0 amide bonds. The highest BCUT2D eigenvalue weighted by atomic mass is 35.5. The van der Waals surface area contributed by atoms with Crippen molar-refractivity contribution in [2.24, 2.45) is 0 Å². The highest BCUT2D eigenvalue weighted by Crippen LogP contribution is 2.26. The molecule has 0 radical (unpaired) electrons. The number of ether oxygens (including phenoxy) is 1. The van der Waals surface area contributed by atoms with Gasteiger partial charge in [-0.2, -0.15) is 13.1 Å². The Morgan fingerprint density at radius 2 is 1.65 bits per heavy atom. The minimum Gasteiger partial charge on any atom is -0.477 e. The van der Waals surface area contributed by atoms with Gasteiger partial charge in [0.05, 0.1) is 16.3 Å². The van der Waals surface area contributed by atoms with Crippen LogP contribution >= 0.6 is 23.2 Å². The molecular formula is C18H24Cl2N4O5S2. The molecule has 0 aliphatic rings. The zero-order valence-corrected chi connectivity index (χ0v) is 20.1. The summed E-state index contributed by atoms with van der Waals surface area (Å²) in [6.07, 6.45) is 1.11. The highest BCUT2D eigenvalue weighted by Gasteiger charge is 2.11. The van der Waals surface area contributed by atoms with Crippen molar-refractivity contribution in [2.75, 3.05) is 42.2 Å². The molecule has 13 heteroatoms. The Morgan fingerprint density at radius 1 is 0.968 bits per heavy atom. The van der Waals surface area contributed by atoms with Crippen LogP contribution in [0.4, 0.5) is 11.4 Å². The highest BCUT2D eigenvalue weighted by molar-refractivity contribution is 7.90. The van der Waals surface area contributed by atoms with E-state index >= 15 is 0 Å². The molecule has 31 heavy (non-hydrogen) atoms. The minimum atomic E-state index is -3.87. The summed E-state index contributed by atoms with van der Waals surface area (Å²) >= 11 is 11.7. The van der Waals surface area contributed by atoms with Crippen molar-refractivity contribution in [3.8, 4) is 5.75 Å². The van der Waals surface area contributed by atoms with Gasteiger partial charge in [0.25, 0.3) is 0 Å². The topological polar surface area (TPSA) is 117 Å². The average Bonchev–Trinajstić information content (AvgIpc) is 2.67. The van der Waals surface area contributed by atoms with Crippen LogP contribution in [-0.2, 0) is 20.2 Å². The fourth-order valence-corrected chi connectivity index (χ4v) is 4.01. The van der Waals surface area contributed by atoms with Crippen LogP contribution in [-0.4, -0.2) is 49.5 Å². The van der Waals surface area contributed by atoms with Crippen LogP contribution in [0.25, 0.3) is 0 Å². The number of benzene rings is 2. The molecule has 0 heterocycles. The summed E-state index contributed by atoms with van der Waals surface area (Å²) < 4.78 is 59.2. The molecule has 2 aromatic rings. The first-order valence-corrected chi connectivity index (χ1v) is 13.3. The van der Waals surface area contributed by atoms with Gasteiger partial charge in [-0.25, -0.2) is 13.1 Å². The number of sulfonamides is 1. The summed E-state index contributed by atoms with van der Waals surface area (Å²) in [4.78, 5) is 1.96. The third-order valence-corrected chi connectivity index (χ3v) is 6.46. The van der Waals surface area contributed by atoms with Crippen molar-refractivity contribution >= 4 is 54.8 Å². The quantitative estimate of drug-likeness (QED) is 0.378. The Balaban J connectivity index is 1.89. The SMILES string of the molecule is CCN(CCNS(C)(=O)=O)c1ccc(NS(=O)(=O)NCOc2ccc(Cl)c(Cl)c2)cc1. The van der Waals surface area contributed by atoms with Crippen molar-refractivity contribution in [2.45, 2.75) is 6.92 Å². The van der Waals surface area contributed by atoms with Gasteiger partial charge in [0.15, 0.2) is 6.73 Å². The molecule has 2 rings (SSSR count). The summed E-state index contributed by atoms with van der Waals surface area (Å²) in [5.74, 6) is 0.367. The van der Waals surface area contributed by atoms with E-state index in [0.717, 1.165) is 11.9 Å². The van der Waals surface area contributed by atoms with Gasteiger partial charge in [0, 0.05) is 37.1 Å². The van der Waals surface area contributed by atoms with Gasteiger partial charge in [-0.05, 0) is 43.3 Å². The van der Waals surface area contributed by atoms with Crippen molar-refractivity contribution in [3.05, 3.63) is 52.5 Å². The number of rotatable bonds is 12. The normalized spacial score (nSPS) is 11.9. The lowest BCUT2D eigenvalue weighted by atomic mass is 10.2. The number of nitrogens with zero attached hydrogens (tertiary/aromatic N) is 1.